The van der Waals surface area contributed by atoms with Gasteiger partial charge in [-0.2, -0.15) is 0 Å². The summed E-state index contributed by atoms with van der Waals surface area (Å²) in [5.41, 5.74) is 1.85. The molecule has 2 atom stereocenters. The van der Waals surface area contributed by atoms with Gasteiger partial charge in [0.1, 0.15) is 5.75 Å². The van der Waals surface area contributed by atoms with Crippen LogP contribution in [0.5, 0.6) is 5.75 Å². The van der Waals surface area contributed by atoms with Crippen LogP contribution in [0.25, 0.3) is 6.08 Å². The lowest BCUT2D eigenvalue weighted by molar-refractivity contribution is -0.116. The third-order valence-electron chi connectivity index (χ3n) is 3.39. The Morgan fingerprint density at radius 1 is 1.28 bits per heavy atom. The van der Waals surface area contributed by atoms with Crippen molar-refractivity contribution in [3.8, 4) is 5.75 Å². The van der Waals surface area contributed by atoms with Crippen LogP contribution in [0.1, 0.15) is 25.3 Å². The Kier molecular flexibility index (Phi) is 4.07. The summed E-state index contributed by atoms with van der Waals surface area (Å²) in [4.78, 5) is 12.0. The average Bonchev–Trinajstić information content (AvgIpc) is 2.40. The summed E-state index contributed by atoms with van der Waals surface area (Å²) < 4.78 is 5.11. The van der Waals surface area contributed by atoms with Crippen LogP contribution in [-0.4, -0.2) is 18.3 Å². The van der Waals surface area contributed by atoms with Gasteiger partial charge in [-0.05, 0) is 42.5 Å². The molecule has 0 amide bonds. The standard InChI is InChI=1S/C15H17ClO2/c1-10-3-8-14(16)15(17)13(10)9-11-4-6-12(18-2)7-5-11/h4-7,9-10,14H,3,8H2,1-2H3. The lowest BCUT2D eigenvalue weighted by Gasteiger charge is -2.24. The molecule has 0 bridgehead atoms. The van der Waals surface area contributed by atoms with Crippen molar-refractivity contribution in [1.82, 2.24) is 0 Å². The van der Waals surface area contributed by atoms with Crippen molar-refractivity contribution in [1.29, 1.82) is 0 Å². The predicted molar refractivity (Wildman–Crippen MR) is 74.0 cm³/mol. The van der Waals surface area contributed by atoms with Gasteiger partial charge >= 0.3 is 0 Å². The number of halogens is 1. The molecule has 0 aromatic heterocycles. The van der Waals surface area contributed by atoms with E-state index < -0.39 is 0 Å². The number of ketones is 1. The molecule has 0 radical (unpaired) electrons. The Labute approximate surface area is 113 Å². The second kappa shape index (κ2) is 5.57. The van der Waals surface area contributed by atoms with Crippen molar-refractivity contribution in [3.63, 3.8) is 0 Å². The summed E-state index contributed by atoms with van der Waals surface area (Å²) in [6, 6.07) is 7.68. The summed E-state index contributed by atoms with van der Waals surface area (Å²) in [6.07, 6.45) is 3.70. The van der Waals surface area contributed by atoms with Gasteiger partial charge in [-0.3, -0.25) is 4.79 Å². The first-order chi connectivity index (χ1) is 8.61. The highest BCUT2D eigenvalue weighted by Crippen LogP contribution is 2.31. The largest absolute Gasteiger partial charge is 0.497 e. The van der Waals surface area contributed by atoms with Crippen LogP contribution in [0.4, 0.5) is 0 Å². The lowest BCUT2D eigenvalue weighted by Crippen LogP contribution is -2.26. The molecule has 3 heteroatoms. The van der Waals surface area contributed by atoms with Gasteiger partial charge in [-0.1, -0.05) is 19.1 Å². The van der Waals surface area contributed by atoms with Gasteiger partial charge in [0.2, 0.25) is 0 Å². The summed E-state index contributed by atoms with van der Waals surface area (Å²) >= 11 is 6.03. The van der Waals surface area contributed by atoms with E-state index in [1.54, 1.807) is 7.11 Å². The van der Waals surface area contributed by atoms with E-state index in [0.29, 0.717) is 0 Å². The second-order valence-corrected chi connectivity index (χ2v) is 5.21. The zero-order valence-corrected chi connectivity index (χ0v) is 11.4. The molecule has 0 N–H and O–H groups in total. The van der Waals surface area contributed by atoms with Gasteiger partial charge in [0, 0.05) is 5.57 Å². The first-order valence-corrected chi connectivity index (χ1v) is 6.59. The van der Waals surface area contributed by atoms with Gasteiger partial charge in [0.25, 0.3) is 0 Å². The van der Waals surface area contributed by atoms with Gasteiger partial charge in [0.15, 0.2) is 5.78 Å². The Morgan fingerprint density at radius 2 is 1.94 bits per heavy atom. The SMILES string of the molecule is COc1ccc(C=C2C(=O)C(Cl)CCC2C)cc1. The number of allylic oxidation sites excluding steroid dienone is 1. The topological polar surface area (TPSA) is 26.3 Å². The van der Waals surface area contributed by atoms with Gasteiger partial charge in [0.05, 0.1) is 12.5 Å². The number of methoxy groups -OCH3 is 1. The summed E-state index contributed by atoms with van der Waals surface area (Å²) in [5, 5.41) is -0.356. The highest BCUT2D eigenvalue weighted by molar-refractivity contribution is 6.34. The van der Waals surface area contributed by atoms with Crippen molar-refractivity contribution in [2.75, 3.05) is 7.11 Å². The van der Waals surface area contributed by atoms with Crippen LogP contribution in [0.3, 0.4) is 0 Å². The molecule has 2 nitrogen and oxygen atoms in total. The van der Waals surface area contributed by atoms with E-state index in [-0.39, 0.29) is 17.1 Å². The first kappa shape index (κ1) is 13.2. The van der Waals surface area contributed by atoms with E-state index in [1.807, 2.05) is 30.3 Å². The van der Waals surface area contributed by atoms with Gasteiger partial charge in [-0.15, -0.1) is 11.6 Å². The van der Waals surface area contributed by atoms with Crippen LogP contribution >= 0.6 is 11.6 Å². The minimum Gasteiger partial charge on any atom is -0.497 e. The molecule has 2 unspecified atom stereocenters. The average molecular weight is 265 g/mol. The maximum absolute atomic E-state index is 12.0. The number of ether oxygens (including phenoxy) is 1. The second-order valence-electron chi connectivity index (χ2n) is 4.68. The fourth-order valence-electron chi connectivity index (χ4n) is 2.20. The van der Waals surface area contributed by atoms with Crippen molar-refractivity contribution < 1.29 is 9.53 Å². The van der Waals surface area contributed by atoms with E-state index >= 15 is 0 Å². The number of carbonyl (C=O) groups is 1. The Balaban J connectivity index is 2.26. The predicted octanol–water partition coefficient (Wildman–Crippen LogP) is 3.69. The van der Waals surface area contributed by atoms with Crippen LogP contribution in [-0.2, 0) is 4.79 Å². The van der Waals surface area contributed by atoms with E-state index in [0.717, 1.165) is 29.7 Å². The summed E-state index contributed by atoms with van der Waals surface area (Å²) in [6.45, 7) is 2.08. The zero-order valence-electron chi connectivity index (χ0n) is 10.7. The first-order valence-electron chi connectivity index (χ1n) is 6.15. The number of benzene rings is 1. The van der Waals surface area contributed by atoms with Crippen LogP contribution < -0.4 is 4.74 Å². The molecule has 1 aromatic carbocycles. The van der Waals surface area contributed by atoms with Crippen molar-refractivity contribution >= 4 is 23.5 Å². The number of hydrogen-bond donors (Lipinski definition) is 0. The van der Waals surface area contributed by atoms with Gasteiger partial charge in [-0.25, -0.2) is 0 Å². The molecule has 1 aliphatic rings. The molecule has 0 aliphatic heterocycles. The highest BCUT2D eigenvalue weighted by Gasteiger charge is 2.29. The molecule has 0 spiro atoms. The van der Waals surface area contributed by atoms with Gasteiger partial charge < -0.3 is 4.74 Å². The molecule has 1 aliphatic carbocycles. The number of carbonyl (C=O) groups excluding carboxylic acids is 1. The van der Waals surface area contributed by atoms with Crippen LogP contribution in [0.2, 0.25) is 0 Å². The fourth-order valence-corrected chi connectivity index (χ4v) is 2.45. The molecule has 0 heterocycles. The van der Waals surface area contributed by atoms with E-state index in [9.17, 15) is 4.79 Å². The normalized spacial score (nSPS) is 26.4. The number of rotatable bonds is 2. The molecule has 1 fully saturated rings. The van der Waals surface area contributed by atoms with E-state index in [1.165, 1.54) is 0 Å². The highest BCUT2D eigenvalue weighted by atomic mass is 35.5. The maximum atomic E-state index is 12.0. The zero-order chi connectivity index (χ0) is 13.1. The molecule has 1 aromatic rings. The third kappa shape index (κ3) is 2.75. The van der Waals surface area contributed by atoms with Crippen molar-refractivity contribution in [3.05, 3.63) is 35.4 Å². The Hall–Kier alpha value is -1.28. The number of alkyl halides is 1. The number of Topliss-reactive ketones (excluding diaryl/α,β-unsaturated/α-hetero) is 1. The minimum absolute atomic E-state index is 0.0752. The molecule has 96 valence electrons. The smallest absolute Gasteiger partial charge is 0.176 e. The Bertz CT molecular complexity index is 462. The quantitative estimate of drug-likeness (QED) is 0.602. The van der Waals surface area contributed by atoms with Crippen molar-refractivity contribution in [2.24, 2.45) is 5.92 Å². The molecule has 1 saturated carbocycles. The molecular formula is C15H17ClO2. The van der Waals surface area contributed by atoms with E-state index in [4.69, 9.17) is 16.3 Å². The molecule has 0 saturated heterocycles. The van der Waals surface area contributed by atoms with E-state index in [2.05, 4.69) is 6.92 Å². The minimum atomic E-state index is -0.356. The van der Waals surface area contributed by atoms with Crippen LogP contribution in [0.15, 0.2) is 29.8 Å². The summed E-state index contributed by atoms with van der Waals surface area (Å²) in [5.74, 6) is 1.18. The number of hydrogen-bond acceptors (Lipinski definition) is 2. The lowest BCUT2D eigenvalue weighted by atomic mass is 9.83. The third-order valence-corrected chi connectivity index (χ3v) is 3.81. The van der Waals surface area contributed by atoms with Crippen LogP contribution in [0, 0.1) is 5.92 Å². The summed E-state index contributed by atoms with van der Waals surface area (Å²) in [7, 11) is 1.64. The maximum Gasteiger partial charge on any atom is 0.176 e. The van der Waals surface area contributed by atoms with Crippen molar-refractivity contribution in [2.45, 2.75) is 25.1 Å². The molecule has 2 rings (SSSR count). The fraction of sp³-hybridized carbons (Fsp3) is 0.400. The molecular weight excluding hydrogens is 248 g/mol. The molecule has 18 heavy (non-hydrogen) atoms. The monoisotopic (exact) mass is 264 g/mol. The Morgan fingerprint density at radius 3 is 2.56 bits per heavy atom.